The second-order valence-corrected chi connectivity index (χ2v) is 6.95. The van der Waals surface area contributed by atoms with Gasteiger partial charge in [-0.05, 0) is 26.7 Å². The number of likely N-dealkylation sites (tertiary alicyclic amines) is 1. The minimum absolute atomic E-state index is 0.0305. The molecule has 2 atom stereocenters. The van der Waals surface area contributed by atoms with E-state index in [0.717, 1.165) is 11.1 Å². The maximum atomic E-state index is 12.9. The van der Waals surface area contributed by atoms with Gasteiger partial charge in [-0.1, -0.05) is 11.1 Å². The Labute approximate surface area is 136 Å². The Morgan fingerprint density at radius 1 is 1.04 bits per heavy atom. The van der Waals surface area contributed by atoms with Crippen molar-refractivity contribution in [2.75, 3.05) is 26.3 Å². The number of piperidine rings is 1. The number of aliphatic carboxylic acids is 1. The first-order chi connectivity index (χ1) is 10.9. The van der Waals surface area contributed by atoms with Crippen LogP contribution in [0.5, 0.6) is 0 Å². The summed E-state index contributed by atoms with van der Waals surface area (Å²) in [5, 5.41) is 9.49. The van der Waals surface area contributed by atoms with Gasteiger partial charge in [0.1, 0.15) is 0 Å². The first-order valence-corrected chi connectivity index (χ1v) is 8.36. The molecule has 0 saturated carbocycles. The van der Waals surface area contributed by atoms with Crippen molar-refractivity contribution < 1.29 is 24.2 Å². The van der Waals surface area contributed by atoms with Gasteiger partial charge in [-0.15, -0.1) is 0 Å². The SMILES string of the molecule is CC1=C(C)C[C@@H](C(=O)N2CCC3(CC2)OCCO3)[C@H](C(=O)O)C1. The van der Waals surface area contributed by atoms with Gasteiger partial charge in [0.05, 0.1) is 25.0 Å². The van der Waals surface area contributed by atoms with E-state index >= 15 is 0 Å². The summed E-state index contributed by atoms with van der Waals surface area (Å²) in [6.07, 6.45) is 2.35. The van der Waals surface area contributed by atoms with Gasteiger partial charge >= 0.3 is 5.97 Å². The molecular weight excluding hydrogens is 298 g/mol. The average Bonchev–Trinajstić information content (AvgIpc) is 2.97. The van der Waals surface area contributed by atoms with Crippen LogP contribution in [0, 0.1) is 11.8 Å². The highest BCUT2D eigenvalue weighted by Crippen LogP contribution is 2.37. The third-order valence-corrected chi connectivity index (χ3v) is 5.55. The summed E-state index contributed by atoms with van der Waals surface area (Å²) in [5.74, 6) is -2.47. The molecule has 0 bridgehead atoms. The molecule has 1 N–H and O–H groups in total. The minimum atomic E-state index is -0.869. The fourth-order valence-corrected chi connectivity index (χ4v) is 3.90. The lowest BCUT2D eigenvalue weighted by Crippen LogP contribution is -2.50. The molecule has 6 heteroatoms. The Kier molecular flexibility index (Phi) is 4.47. The zero-order valence-corrected chi connectivity index (χ0v) is 13.8. The van der Waals surface area contributed by atoms with Gasteiger partial charge in [-0.25, -0.2) is 0 Å². The van der Waals surface area contributed by atoms with Gasteiger partial charge in [-0.3, -0.25) is 9.59 Å². The van der Waals surface area contributed by atoms with Crippen LogP contribution < -0.4 is 0 Å². The molecule has 3 aliphatic rings. The number of carbonyl (C=O) groups is 2. The Bertz CT molecular complexity index is 525. The Morgan fingerprint density at radius 2 is 1.57 bits per heavy atom. The highest BCUT2D eigenvalue weighted by Gasteiger charge is 2.44. The normalized spacial score (nSPS) is 30.8. The third-order valence-electron chi connectivity index (χ3n) is 5.55. The molecule has 2 fully saturated rings. The number of ether oxygens (including phenoxy) is 2. The van der Waals surface area contributed by atoms with E-state index in [-0.39, 0.29) is 5.91 Å². The maximum absolute atomic E-state index is 12.9. The summed E-state index contributed by atoms with van der Waals surface area (Å²) in [5.41, 5.74) is 2.25. The van der Waals surface area contributed by atoms with Crippen LogP contribution >= 0.6 is 0 Å². The van der Waals surface area contributed by atoms with E-state index in [9.17, 15) is 14.7 Å². The van der Waals surface area contributed by atoms with Crippen molar-refractivity contribution in [1.82, 2.24) is 4.90 Å². The van der Waals surface area contributed by atoms with Crippen LogP contribution in [0.3, 0.4) is 0 Å². The molecule has 0 unspecified atom stereocenters. The molecule has 0 aromatic heterocycles. The highest BCUT2D eigenvalue weighted by atomic mass is 16.7. The van der Waals surface area contributed by atoms with Crippen molar-refractivity contribution in [3.05, 3.63) is 11.1 Å². The van der Waals surface area contributed by atoms with E-state index in [1.807, 2.05) is 13.8 Å². The number of allylic oxidation sites excluding steroid dienone is 2. The molecule has 1 aliphatic carbocycles. The van der Waals surface area contributed by atoms with Gasteiger partial charge in [0.15, 0.2) is 5.79 Å². The summed E-state index contributed by atoms with van der Waals surface area (Å²) in [7, 11) is 0. The molecule has 2 heterocycles. The zero-order valence-electron chi connectivity index (χ0n) is 13.8. The zero-order chi connectivity index (χ0) is 16.6. The first-order valence-electron chi connectivity index (χ1n) is 8.36. The van der Waals surface area contributed by atoms with E-state index in [4.69, 9.17) is 9.47 Å². The van der Waals surface area contributed by atoms with E-state index < -0.39 is 23.6 Å². The highest BCUT2D eigenvalue weighted by molar-refractivity contribution is 5.85. The van der Waals surface area contributed by atoms with Gasteiger partial charge in [0.2, 0.25) is 5.91 Å². The number of carbonyl (C=O) groups excluding carboxylic acids is 1. The smallest absolute Gasteiger partial charge is 0.307 e. The van der Waals surface area contributed by atoms with Crippen molar-refractivity contribution in [2.45, 2.75) is 45.3 Å². The molecule has 23 heavy (non-hydrogen) atoms. The van der Waals surface area contributed by atoms with Crippen LogP contribution in [0.25, 0.3) is 0 Å². The Balaban J connectivity index is 1.68. The van der Waals surface area contributed by atoms with Crippen molar-refractivity contribution in [1.29, 1.82) is 0 Å². The topological polar surface area (TPSA) is 76.1 Å². The number of amides is 1. The monoisotopic (exact) mass is 323 g/mol. The molecule has 0 aromatic carbocycles. The summed E-state index contributed by atoms with van der Waals surface area (Å²) in [6.45, 7) is 6.33. The van der Waals surface area contributed by atoms with Crippen LogP contribution in [0.2, 0.25) is 0 Å². The van der Waals surface area contributed by atoms with E-state index in [0.29, 0.717) is 52.0 Å². The van der Waals surface area contributed by atoms with Gasteiger partial charge in [0.25, 0.3) is 0 Å². The van der Waals surface area contributed by atoms with Crippen molar-refractivity contribution in [3.8, 4) is 0 Å². The van der Waals surface area contributed by atoms with Crippen LogP contribution in [-0.2, 0) is 19.1 Å². The van der Waals surface area contributed by atoms with Crippen LogP contribution in [0.4, 0.5) is 0 Å². The van der Waals surface area contributed by atoms with Crippen LogP contribution in [0.15, 0.2) is 11.1 Å². The second kappa shape index (κ2) is 6.24. The molecule has 3 rings (SSSR count). The molecule has 0 radical (unpaired) electrons. The van der Waals surface area contributed by atoms with Crippen LogP contribution in [0.1, 0.15) is 39.5 Å². The molecule has 0 aromatic rings. The molecule has 6 nitrogen and oxygen atoms in total. The molecule has 1 amide bonds. The lowest BCUT2D eigenvalue weighted by molar-refractivity contribution is -0.189. The summed E-state index contributed by atoms with van der Waals surface area (Å²) >= 11 is 0. The fourth-order valence-electron chi connectivity index (χ4n) is 3.90. The number of hydrogen-bond donors (Lipinski definition) is 1. The number of carboxylic acid groups (broad SMARTS) is 1. The van der Waals surface area contributed by atoms with E-state index in [1.54, 1.807) is 4.90 Å². The second-order valence-electron chi connectivity index (χ2n) is 6.95. The number of nitrogens with zero attached hydrogens (tertiary/aromatic N) is 1. The number of rotatable bonds is 2. The molecular formula is C17H25NO5. The third kappa shape index (κ3) is 3.15. The average molecular weight is 323 g/mol. The predicted molar refractivity (Wildman–Crippen MR) is 82.7 cm³/mol. The summed E-state index contributed by atoms with van der Waals surface area (Å²) in [6, 6.07) is 0. The van der Waals surface area contributed by atoms with E-state index in [1.165, 1.54) is 0 Å². The quantitative estimate of drug-likeness (QED) is 0.784. The van der Waals surface area contributed by atoms with Crippen molar-refractivity contribution in [2.24, 2.45) is 11.8 Å². The molecule has 128 valence electrons. The van der Waals surface area contributed by atoms with Crippen molar-refractivity contribution >= 4 is 11.9 Å². The Hall–Kier alpha value is -1.40. The fraction of sp³-hybridized carbons (Fsp3) is 0.765. The van der Waals surface area contributed by atoms with Gasteiger partial charge in [0, 0.05) is 25.9 Å². The maximum Gasteiger partial charge on any atom is 0.307 e. The lowest BCUT2D eigenvalue weighted by Gasteiger charge is -2.40. The van der Waals surface area contributed by atoms with Gasteiger partial charge in [-0.2, -0.15) is 0 Å². The summed E-state index contributed by atoms with van der Waals surface area (Å²) in [4.78, 5) is 26.3. The lowest BCUT2D eigenvalue weighted by atomic mass is 9.75. The van der Waals surface area contributed by atoms with E-state index in [2.05, 4.69) is 0 Å². The standard InChI is InChI=1S/C17H25NO5/c1-11-9-13(14(16(20)21)10-12(11)2)15(19)18-5-3-17(4-6-18)22-7-8-23-17/h13-14H,3-10H2,1-2H3,(H,20,21)/t13-,14-/m1/s1. The summed E-state index contributed by atoms with van der Waals surface area (Å²) < 4.78 is 11.4. The number of carboxylic acids is 1. The molecule has 2 aliphatic heterocycles. The number of hydrogen-bond acceptors (Lipinski definition) is 4. The predicted octanol–water partition coefficient (Wildman–Crippen LogP) is 1.80. The minimum Gasteiger partial charge on any atom is -0.481 e. The molecule has 2 saturated heterocycles. The Morgan fingerprint density at radius 3 is 2.09 bits per heavy atom. The van der Waals surface area contributed by atoms with Crippen molar-refractivity contribution in [3.63, 3.8) is 0 Å². The molecule has 1 spiro atoms. The van der Waals surface area contributed by atoms with Crippen LogP contribution in [-0.4, -0.2) is 54.0 Å². The van der Waals surface area contributed by atoms with Gasteiger partial charge < -0.3 is 19.5 Å². The largest absolute Gasteiger partial charge is 0.481 e. The first kappa shape index (κ1) is 16.5.